The minimum absolute atomic E-state index is 0.0102. The molecule has 1 N–H and O–H groups in total. The van der Waals surface area contributed by atoms with Crippen molar-refractivity contribution in [2.75, 3.05) is 7.11 Å². The molecule has 2 rings (SSSR count). The van der Waals surface area contributed by atoms with E-state index in [2.05, 4.69) is 10.1 Å². The van der Waals surface area contributed by atoms with Gasteiger partial charge in [0, 0.05) is 0 Å². The van der Waals surface area contributed by atoms with Gasteiger partial charge in [0.1, 0.15) is 11.7 Å². The summed E-state index contributed by atoms with van der Waals surface area (Å²) in [6, 6.07) is 5.31. The zero-order valence-corrected chi connectivity index (χ0v) is 14.5. The molecule has 0 unspecified atom stereocenters. The third-order valence-electron chi connectivity index (χ3n) is 3.76. The summed E-state index contributed by atoms with van der Waals surface area (Å²) < 4.78 is 4.64. The zero-order valence-electron chi connectivity index (χ0n) is 14.5. The van der Waals surface area contributed by atoms with E-state index in [0.29, 0.717) is 0 Å². The molecular weight excluding hydrogens is 324 g/mol. The Morgan fingerprint density at radius 1 is 1.08 bits per heavy atom. The van der Waals surface area contributed by atoms with Crippen LogP contribution in [0, 0.1) is 5.92 Å². The van der Waals surface area contributed by atoms with Gasteiger partial charge < -0.3 is 10.1 Å². The van der Waals surface area contributed by atoms with E-state index >= 15 is 0 Å². The van der Waals surface area contributed by atoms with E-state index < -0.39 is 29.7 Å². The van der Waals surface area contributed by atoms with E-state index in [4.69, 9.17) is 0 Å². The van der Waals surface area contributed by atoms with Gasteiger partial charge in [0.15, 0.2) is 0 Å². The van der Waals surface area contributed by atoms with Crippen LogP contribution in [0.3, 0.4) is 0 Å². The first-order valence-corrected chi connectivity index (χ1v) is 7.85. The highest BCUT2D eigenvalue weighted by Gasteiger charge is 2.40. The average molecular weight is 344 g/mol. The summed E-state index contributed by atoms with van der Waals surface area (Å²) in [6.45, 7) is 5.10. The number of imide groups is 1. The first-order valence-electron chi connectivity index (χ1n) is 7.85. The van der Waals surface area contributed by atoms with Crippen molar-refractivity contribution < 1.29 is 23.9 Å². The summed E-state index contributed by atoms with van der Waals surface area (Å²) in [5.41, 5.74) is 0.502. The van der Waals surface area contributed by atoms with E-state index in [1.165, 1.54) is 14.0 Å². The number of nitrogens with zero attached hydrogens (tertiary/aromatic N) is 1. The molecule has 1 aromatic carbocycles. The highest BCUT2D eigenvalue weighted by Crippen LogP contribution is 2.24. The standard InChI is InChI=1S/C18H20N2O5/c1-10(2)9-14(18(24)25-4)19-15(21)11(3)20-16(22)12-7-5-6-8-13(12)17(20)23/h5-11H,1-4H3,(H,19,21)/b14-9-/t11-/m0/s1. The predicted octanol–water partition coefficient (Wildman–Crippen LogP) is 1.50. The first-order chi connectivity index (χ1) is 11.8. The maximum atomic E-state index is 12.5. The number of ether oxygens (including phenoxy) is 1. The molecule has 25 heavy (non-hydrogen) atoms. The number of hydrogen-bond acceptors (Lipinski definition) is 5. The highest BCUT2D eigenvalue weighted by atomic mass is 16.5. The third-order valence-corrected chi connectivity index (χ3v) is 3.76. The second-order valence-corrected chi connectivity index (χ2v) is 6.01. The Morgan fingerprint density at radius 2 is 1.60 bits per heavy atom. The summed E-state index contributed by atoms with van der Waals surface area (Å²) >= 11 is 0. The molecule has 7 nitrogen and oxygen atoms in total. The summed E-state index contributed by atoms with van der Waals surface area (Å²) in [4.78, 5) is 50.0. The normalized spacial score (nSPS) is 15.2. The Labute approximate surface area is 145 Å². The molecule has 1 aliphatic heterocycles. The predicted molar refractivity (Wildman–Crippen MR) is 89.5 cm³/mol. The first kappa shape index (κ1) is 18.4. The summed E-state index contributed by atoms with van der Waals surface area (Å²) in [6.07, 6.45) is 1.54. The van der Waals surface area contributed by atoms with Gasteiger partial charge in [-0.3, -0.25) is 19.3 Å². The monoisotopic (exact) mass is 344 g/mol. The van der Waals surface area contributed by atoms with Crippen LogP contribution in [0.25, 0.3) is 0 Å². The molecule has 0 aromatic heterocycles. The fraction of sp³-hybridized carbons (Fsp3) is 0.333. The second kappa shape index (κ2) is 7.29. The smallest absolute Gasteiger partial charge is 0.354 e. The largest absolute Gasteiger partial charge is 0.464 e. The number of benzene rings is 1. The topological polar surface area (TPSA) is 92.8 Å². The quantitative estimate of drug-likeness (QED) is 0.496. The maximum absolute atomic E-state index is 12.5. The number of amides is 3. The van der Waals surface area contributed by atoms with Crippen molar-refractivity contribution in [1.82, 2.24) is 10.2 Å². The van der Waals surface area contributed by atoms with E-state index in [1.54, 1.807) is 30.3 Å². The van der Waals surface area contributed by atoms with Gasteiger partial charge in [0.25, 0.3) is 11.8 Å². The van der Waals surface area contributed by atoms with Crippen LogP contribution in [0.2, 0.25) is 0 Å². The van der Waals surface area contributed by atoms with Crippen LogP contribution in [0.4, 0.5) is 0 Å². The van der Waals surface area contributed by atoms with Crippen molar-refractivity contribution in [3.05, 3.63) is 47.2 Å². The summed E-state index contributed by atoms with van der Waals surface area (Å²) in [5.74, 6) is -2.42. The third kappa shape index (κ3) is 3.60. The number of nitrogens with one attached hydrogen (secondary N) is 1. The minimum Gasteiger partial charge on any atom is -0.464 e. The Hall–Kier alpha value is -2.96. The molecule has 1 atom stereocenters. The number of esters is 1. The molecule has 0 saturated carbocycles. The lowest BCUT2D eigenvalue weighted by Crippen LogP contribution is -2.48. The molecule has 0 fully saturated rings. The van der Waals surface area contributed by atoms with Gasteiger partial charge in [0.05, 0.1) is 18.2 Å². The van der Waals surface area contributed by atoms with Gasteiger partial charge in [-0.25, -0.2) is 4.79 Å². The van der Waals surface area contributed by atoms with Crippen LogP contribution in [0.1, 0.15) is 41.5 Å². The Kier molecular flexibility index (Phi) is 5.36. The second-order valence-electron chi connectivity index (χ2n) is 6.01. The van der Waals surface area contributed by atoms with Crippen molar-refractivity contribution in [1.29, 1.82) is 0 Å². The zero-order chi connectivity index (χ0) is 18.7. The van der Waals surface area contributed by atoms with Gasteiger partial charge in [-0.2, -0.15) is 0 Å². The average Bonchev–Trinajstić information content (AvgIpc) is 2.84. The van der Waals surface area contributed by atoms with Crippen molar-refractivity contribution in [3.8, 4) is 0 Å². The number of carbonyl (C=O) groups is 4. The molecule has 1 heterocycles. The molecule has 0 radical (unpaired) electrons. The Bertz CT molecular complexity index is 731. The molecular formula is C18H20N2O5. The summed E-state index contributed by atoms with van der Waals surface area (Å²) in [5, 5.41) is 2.45. The van der Waals surface area contributed by atoms with Crippen LogP contribution in [0.15, 0.2) is 36.0 Å². The number of allylic oxidation sites excluding steroid dienone is 1. The maximum Gasteiger partial charge on any atom is 0.354 e. The van der Waals surface area contributed by atoms with E-state index in [0.717, 1.165) is 4.90 Å². The van der Waals surface area contributed by atoms with Crippen molar-refractivity contribution in [3.63, 3.8) is 0 Å². The van der Waals surface area contributed by atoms with Gasteiger partial charge >= 0.3 is 5.97 Å². The number of hydrogen-bond donors (Lipinski definition) is 1. The van der Waals surface area contributed by atoms with Crippen molar-refractivity contribution in [2.24, 2.45) is 5.92 Å². The van der Waals surface area contributed by atoms with Gasteiger partial charge in [-0.15, -0.1) is 0 Å². The SMILES string of the molecule is COC(=O)/C(=C/C(C)C)NC(=O)[C@H](C)N1C(=O)c2ccccc2C1=O. The van der Waals surface area contributed by atoms with Crippen LogP contribution in [-0.2, 0) is 14.3 Å². The molecule has 0 aliphatic carbocycles. The van der Waals surface area contributed by atoms with Crippen LogP contribution in [0.5, 0.6) is 0 Å². The van der Waals surface area contributed by atoms with Crippen LogP contribution >= 0.6 is 0 Å². The minimum atomic E-state index is -1.08. The fourth-order valence-corrected chi connectivity index (χ4v) is 2.52. The number of fused-ring (bicyclic) bond motifs is 1. The Balaban J connectivity index is 2.22. The lowest BCUT2D eigenvalue weighted by molar-refractivity contribution is -0.138. The molecule has 3 amide bonds. The Morgan fingerprint density at radius 3 is 2.04 bits per heavy atom. The van der Waals surface area contributed by atoms with Crippen molar-refractivity contribution >= 4 is 23.7 Å². The van der Waals surface area contributed by atoms with Crippen LogP contribution < -0.4 is 5.32 Å². The summed E-state index contributed by atoms with van der Waals surface area (Å²) in [7, 11) is 1.20. The van der Waals surface area contributed by atoms with Crippen molar-refractivity contribution in [2.45, 2.75) is 26.8 Å². The number of rotatable bonds is 5. The molecule has 1 aromatic rings. The lowest BCUT2D eigenvalue weighted by atomic mass is 10.1. The van der Waals surface area contributed by atoms with E-state index in [9.17, 15) is 19.2 Å². The molecule has 132 valence electrons. The van der Waals surface area contributed by atoms with Crippen LogP contribution in [-0.4, -0.2) is 41.7 Å². The molecule has 0 saturated heterocycles. The van der Waals surface area contributed by atoms with Gasteiger partial charge in [-0.05, 0) is 25.0 Å². The fourth-order valence-electron chi connectivity index (χ4n) is 2.52. The molecule has 1 aliphatic rings. The lowest BCUT2D eigenvalue weighted by Gasteiger charge is -2.22. The number of methoxy groups -OCH3 is 1. The highest BCUT2D eigenvalue weighted by molar-refractivity contribution is 6.22. The van der Waals surface area contributed by atoms with Gasteiger partial charge in [0.2, 0.25) is 5.91 Å². The van der Waals surface area contributed by atoms with Gasteiger partial charge in [-0.1, -0.05) is 32.1 Å². The van der Waals surface area contributed by atoms with E-state index in [-0.39, 0.29) is 22.7 Å². The molecule has 0 bridgehead atoms. The molecule has 7 heteroatoms. The number of carbonyl (C=O) groups excluding carboxylic acids is 4. The van der Waals surface area contributed by atoms with E-state index in [1.807, 2.05) is 13.8 Å². The molecule has 0 spiro atoms.